The highest BCUT2D eigenvalue weighted by atomic mass is 127. The number of nitrogens with one attached hydrogen (secondary N) is 1. The molecule has 6 heteroatoms. The van der Waals surface area contributed by atoms with Crippen molar-refractivity contribution in [1.29, 1.82) is 0 Å². The van der Waals surface area contributed by atoms with E-state index in [9.17, 15) is 9.90 Å². The van der Waals surface area contributed by atoms with E-state index in [1.165, 1.54) is 11.8 Å². The fourth-order valence-electron chi connectivity index (χ4n) is 1.79. The van der Waals surface area contributed by atoms with Crippen molar-refractivity contribution in [3.05, 3.63) is 56.7 Å². The molecule has 0 unspecified atom stereocenters. The molecule has 0 fully saturated rings. The van der Waals surface area contributed by atoms with Crippen LogP contribution in [0.4, 0.5) is 0 Å². The highest BCUT2D eigenvalue weighted by Gasteiger charge is 2.03. The molecule has 0 radical (unpaired) electrons. The van der Waals surface area contributed by atoms with Gasteiger partial charge in [0.2, 0.25) is 0 Å². The zero-order chi connectivity index (χ0) is 16.8. The summed E-state index contributed by atoms with van der Waals surface area (Å²) >= 11 is 2.13. The van der Waals surface area contributed by atoms with Crippen molar-refractivity contribution >= 4 is 34.7 Å². The van der Waals surface area contributed by atoms with Crippen molar-refractivity contribution in [2.45, 2.75) is 13.8 Å². The van der Waals surface area contributed by atoms with Gasteiger partial charge in [0, 0.05) is 9.13 Å². The fraction of sp³-hybridized carbons (Fsp3) is 0.176. The van der Waals surface area contributed by atoms with Crippen molar-refractivity contribution in [3.63, 3.8) is 0 Å². The van der Waals surface area contributed by atoms with Crippen molar-refractivity contribution in [2.75, 3.05) is 6.61 Å². The van der Waals surface area contributed by atoms with E-state index in [-0.39, 0.29) is 18.3 Å². The number of hydrazone groups is 1. The molecule has 0 saturated carbocycles. The number of ether oxygens (including phenoxy) is 1. The number of benzene rings is 2. The Morgan fingerprint density at radius 3 is 2.78 bits per heavy atom. The minimum atomic E-state index is -0.371. The number of carbonyl (C=O) groups excluding carboxylic acids is 1. The van der Waals surface area contributed by atoms with Crippen LogP contribution in [0.25, 0.3) is 0 Å². The number of phenols is 1. The van der Waals surface area contributed by atoms with E-state index in [4.69, 9.17) is 4.74 Å². The van der Waals surface area contributed by atoms with Crippen LogP contribution in [-0.4, -0.2) is 23.8 Å². The summed E-state index contributed by atoms with van der Waals surface area (Å²) in [5.74, 6) is 0.377. The first-order chi connectivity index (χ1) is 11.0. The largest absolute Gasteiger partial charge is 0.507 e. The number of hydrogen-bond donors (Lipinski definition) is 2. The van der Waals surface area contributed by atoms with E-state index in [1.54, 1.807) is 18.2 Å². The second-order valence-corrected chi connectivity index (χ2v) is 6.28. The topological polar surface area (TPSA) is 70.9 Å². The van der Waals surface area contributed by atoms with E-state index < -0.39 is 0 Å². The summed E-state index contributed by atoms with van der Waals surface area (Å²) in [6.45, 7) is 3.87. The minimum Gasteiger partial charge on any atom is -0.507 e. The molecule has 2 aromatic rings. The molecular formula is C17H17IN2O3. The van der Waals surface area contributed by atoms with Crippen LogP contribution in [0.2, 0.25) is 0 Å². The van der Waals surface area contributed by atoms with Gasteiger partial charge < -0.3 is 9.84 Å². The van der Waals surface area contributed by atoms with Crippen LogP contribution in [0.15, 0.2) is 41.5 Å². The Bertz CT molecular complexity index is 745. The van der Waals surface area contributed by atoms with Crippen LogP contribution >= 0.6 is 22.6 Å². The number of aryl methyl sites for hydroxylation is 2. The molecule has 0 atom stereocenters. The fourth-order valence-corrected chi connectivity index (χ4v) is 2.30. The predicted molar refractivity (Wildman–Crippen MR) is 98.0 cm³/mol. The summed E-state index contributed by atoms with van der Waals surface area (Å²) in [4.78, 5) is 11.7. The molecule has 23 heavy (non-hydrogen) atoms. The first kappa shape index (κ1) is 17.3. The van der Waals surface area contributed by atoms with Crippen molar-refractivity contribution in [1.82, 2.24) is 5.43 Å². The van der Waals surface area contributed by atoms with Gasteiger partial charge in [0.1, 0.15) is 11.5 Å². The summed E-state index contributed by atoms with van der Waals surface area (Å²) < 4.78 is 6.38. The van der Waals surface area contributed by atoms with Crippen LogP contribution in [0.1, 0.15) is 16.7 Å². The molecule has 0 aromatic heterocycles. The summed E-state index contributed by atoms with van der Waals surface area (Å²) in [5, 5.41) is 13.5. The molecule has 2 aromatic carbocycles. The smallest absolute Gasteiger partial charge is 0.277 e. The molecule has 1 amide bonds. The number of phenolic OH excluding ortho intramolecular Hbond substituents is 1. The maximum atomic E-state index is 11.7. The molecule has 0 saturated heterocycles. The van der Waals surface area contributed by atoms with Gasteiger partial charge in [0.15, 0.2) is 6.61 Å². The van der Waals surface area contributed by atoms with Crippen LogP contribution in [0.5, 0.6) is 11.5 Å². The lowest BCUT2D eigenvalue weighted by Crippen LogP contribution is -2.24. The maximum Gasteiger partial charge on any atom is 0.277 e. The third kappa shape index (κ3) is 5.24. The number of nitrogens with zero attached hydrogens (tertiary/aromatic N) is 1. The highest BCUT2D eigenvalue weighted by Crippen LogP contribution is 2.18. The average Bonchev–Trinajstić information content (AvgIpc) is 2.52. The number of amides is 1. The molecule has 0 bridgehead atoms. The van der Waals surface area contributed by atoms with E-state index in [0.717, 1.165) is 9.13 Å². The molecule has 0 aliphatic heterocycles. The first-order valence-corrected chi connectivity index (χ1v) is 8.04. The number of hydrogen-bond acceptors (Lipinski definition) is 4. The van der Waals surface area contributed by atoms with Crippen molar-refractivity contribution in [3.8, 4) is 11.5 Å². The van der Waals surface area contributed by atoms with E-state index in [0.29, 0.717) is 11.3 Å². The maximum absolute atomic E-state index is 11.7. The zero-order valence-electron chi connectivity index (χ0n) is 12.8. The summed E-state index contributed by atoms with van der Waals surface area (Å²) in [6, 6.07) is 10.8. The second kappa shape index (κ2) is 7.96. The number of rotatable bonds is 5. The Morgan fingerprint density at radius 2 is 2.04 bits per heavy atom. The predicted octanol–water partition coefficient (Wildman–Crippen LogP) is 3.14. The van der Waals surface area contributed by atoms with Gasteiger partial charge >= 0.3 is 0 Å². The minimum absolute atomic E-state index is 0.106. The lowest BCUT2D eigenvalue weighted by molar-refractivity contribution is -0.123. The van der Waals surface area contributed by atoms with Crippen LogP contribution in [-0.2, 0) is 4.79 Å². The molecular weight excluding hydrogens is 407 g/mol. The standard InChI is InChI=1S/C17H17IN2O3/c1-11-3-5-15(7-12(11)2)23-10-17(22)20-19-9-13-8-14(18)4-6-16(13)21/h3-9,21H,10H2,1-2H3,(H,20,22). The van der Waals surface area contributed by atoms with Crippen LogP contribution < -0.4 is 10.2 Å². The average molecular weight is 424 g/mol. The quantitative estimate of drug-likeness (QED) is 0.440. The highest BCUT2D eigenvalue weighted by molar-refractivity contribution is 14.1. The summed E-state index contributed by atoms with van der Waals surface area (Å²) in [5.41, 5.74) is 5.18. The van der Waals surface area contributed by atoms with Gasteiger partial charge in [-0.15, -0.1) is 0 Å². The molecule has 0 aliphatic carbocycles. The van der Waals surface area contributed by atoms with E-state index in [1.807, 2.05) is 32.0 Å². The van der Waals surface area contributed by atoms with Gasteiger partial charge in [-0.3, -0.25) is 4.79 Å². The lowest BCUT2D eigenvalue weighted by Gasteiger charge is -2.07. The summed E-state index contributed by atoms with van der Waals surface area (Å²) in [6.07, 6.45) is 1.39. The second-order valence-electron chi connectivity index (χ2n) is 5.03. The Balaban J connectivity index is 1.86. The zero-order valence-corrected chi connectivity index (χ0v) is 15.0. The van der Waals surface area contributed by atoms with Gasteiger partial charge in [0.25, 0.3) is 5.91 Å². The molecule has 0 aliphatic rings. The normalized spacial score (nSPS) is 10.7. The monoisotopic (exact) mass is 424 g/mol. The van der Waals surface area contributed by atoms with Gasteiger partial charge in [-0.05, 0) is 77.9 Å². The molecule has 0 spiro atoms. The Hall–Kier alpha value is -2.09. The van der Waals surface area contributed by atoms with Crippen molar-refractivity contribution < 1.29 is 14.6 Å². The van der Waals surface area contributed by atoms with Crippen LogP contribution in [0.3, 0.4) is 0 Å². The van der Waals surface area contributed by atoms with Gasteiger partial charge in [-0.1, -0.05) is 6.07 Å². The molecule has 120 valence electrons. The van der Waals surface area contributed by atoms with Crippen molar-refractivity contribution in [2.24, 2.45) is 5.10 Å². The first-order valence-electron chi connectivity index (χ1n) is 6.96. The Labute approximate surface area is 148 Å². The SMILES string of the molecule is Cc1ccc(OCC(=O)NN=Cc2cc(I)ccc2O)cc1C. The number of halogens is 1. The number of carbonyl (C=O) groups is 1. The van der Waals surface area contributed by atoms with Gasteiger partial charge in [0.05, 0.1) is 6.21 Å². The van der Waals surface area contributed by atoms with E-state index in [2.05, 4.69) is 33.1 Å². The van der Waals surface area contributed by atoms with Gasteiger partial charge in [-0.2, -0.15) is 5.10 Å². The molecule has 2 rings (SSSR count). The number of aromatic hydroxyl groups is 1. The van der Waals surface area contributed by atoms with Crippen LogP contribution in [0, 0.1) is 17.4 Å². The third-order valence-electron chi connectivity index (χ3n) is 3.23. The molecule has 5 nitrogen and oxygen atoms in total. The Morgan fingerprint density at radius 1 is 1.26 bits per heavy atom. The third-order valence-corrected chi connectivity index (χ3v) is 3.90. The van der Waals surface area contributed by atoms with Gasteiger partial charge in [-0.25, -0.2) is 5.43 Å². The lowest BCUT2D eigenvalue weighted by atomic mass is 10.1. The summed E-state index contributed by atoms with van der Waals surface area (Å²) in [7, 11) is 0. The van der Waals surface area contributed by atoms with E-state index >= 15 is 0 Å². The molecule has 0 heterocycles. The Kier molecular flexibility index (Phi) is 5.97. The molecule has 2 N–H and O–H groups in total.